The van der Waals surface area contributed by atoms with Gasteiger partial charge in [-0.3, -0.25) is 0 Å². The molecule has 2 aromatic carbocycles. The molecule has 0 atom stereocenters. The molecule has 1 fully saturated rings. The lowest BCUT2D eigenvalue weighted by Gasteiger charge is -2.40. The van der Waals surface area contributed by atoms with Gasteiger partial charge in [-0.2, -0.15) is 0 Å². The lowest BCUT2D eigenvalue weighted by Crippen LogP contribution is -2.12. The number of ether oxygens (including phenoxy) is 1. The Bertz CT molecular complexity index is 792. The number of hydrogen-bond acceptors (Lipinski definition) is 1. The van der Waals surface area contributed by atoms with Crippen LogP contribution in [0.1, 0.15) is 56.1 Å². The molecule has 0 radical (unpaired) electrons. The molecule has 0 bridgehead atoms. The molecule has 1 saturated carbocycles. The summed E-state index contributed by atoms with van der Waals surface area (Å²) in [5.41, 5.74) is 2.18. The normalized spacial score (nSPS) is 22.9. The molecule has 2 aromatic rings. The Morgan fingerprint density at radius 2 is 1.39 bits per heavy atom. The van der Waals surface area contributed by atoms with Crippen LogP contribution in [0.15, 0.2) is 53.4 Å². The zero-order valence-electron chi connectivity index (χ0n) is 15.7. The van der Waals surface area contributed by atoms with E-state index in [0.717, 1.165) is 23.6 Å². The number of benzene rings is 2. The molecule has 156 valence electrons. The molecule has 0 aromatic heterocycles. The molecule has 28 heavy (non-hydrogen) atoms. The van der Waals surface area contributed by atoms with E-state index in [1.165, 1.54) is 37.7 Å². The van der Waals surface area contributed by atoms with Crippen LogP contribution in [-0.4, -0.2) is 0 Å². The highest BCUT2D eigenvalue weighted by Gasteiger charge is 2.65. The molecular weight excluding hydrogens is 395 g/mol. The third-order valence-electron chi connectivity index (χ3n) is 5.55. The average Bonchev–Trinajstić information content (AvgIpc) is 2.65. The average molecular weight is 420 g/mol. The molecule has 1 aliphatic rings. The van der Waals surface area contributed by atoms with Crippen LogP contribution < -0.4 is 4.74 Å². The highest BCUT2D eigenvalue weighted by Crippen LogP contribution is 3.02. The van der Waals surface area contributed by atoms with Crippen molar-refractivity contribution >= 4 is 10.2 Å². The maximum atomic E-state index is 12.7. The van der Waals surface area contributed by atoms with Crippen molar-refractivity contribution in [2.24, 2.45) is 5.92 Å². The lowest BCUT2D eigenvalue weighted by molar-refractivity contribution is 0.305. The molecule has 0 aliphatic heterocycles. The van der Waals surface area contributed by atoms with Gasteiger partial charge in [0.2, 0.25) is 0 Å². The Labute approximate surface area is 162 Å². The fourth-order valence-electron chi connectivity index (χ4n) is 3.75. The van der Waals surface area contributed by atoms with Crippen LogP contribution in [0.3, 0.4) is 0 Å². The lowest BCUT2D eigenvalue weighted by atomic mass is 9.78. The van der Waals surface area contributed by atoms with Gasteiger partial charge in [-0.25, -0.2) is 0 Å². The van der Waals surface area contributed by atoms with Crippen LogP contribution in [0.5, 0.6) is 5.75 Å². The van der Waals surface area contributed by atoms with Crippen molar-refractivity contribution in [2.75, 3.05) is 0 Å². The molecule has 1 aliphatic carbocycles. The fraction of sp³-hybridized carbons (Fsp3) is 0.429. The van der Waals surface area contributed by atoms with Crippen molar-refractivity contribution in [3.8, 4) is 5.75 Å². The maximum absolute atomic E-state index is 12.7. The first-order chi connectivity index (χ1) is 12.9. The highest BCUT2D eigenvalue weighted by molar-refractivity contribution is 8.45. The molecule has 0 spiro atoms. The minimum absolute atomic E-state index is 0.118. The smallest absolute Gasteiger partial charge is 0.310 e. The number of rotatable bonds is 6. The van der Waals surface area contributed by atoms with E-state index in [9.17, 15) is 19.4 Å². The summed E-state index contributed by atoms with van der Waals surface area (Å²) in [6.45, 7) is 2.40. The Kier molecular flexibility index (Phi) is 5.19. The summed E-state index contributed by atoms with van der Waals surface area (Å²) in [5, 5.41) is 0. The van der Waals surface area contributed by atoms with Gasteiger partial charge in [-0.15, -0.1) is 0 Å². The van der Waals surface area contributed by atoms with Gasteiger partial charge in [0.25, 0.3) is 0 Å². The minimum atomic E-state index is -9.64. The van der Waals surface area contributed by atoms with E-state index >= 15 is 0 Å². The van der Waals surface area contributed by atoms with Gasteiger partial charge in [-0.1, -0.05) is 57.0 Å². The van der Waals surface area contributed by atoms with Crippen molar-refractivity contribution in [3.05, 3.63) is 59.7 Å². The molecule has 0 saturated heterocycles. The molecule has 0 heterocycles. The van der Waals surface area contributed by atoms with E-state index in [-0.39, 0.29) is 12.4 Å². The van der Waals surface area contributed by atoms with Crippen molar-refractivity contribution in [1.82, 2.24) is 0 Å². The van der Waals surface area contributed by atoms with Crippen LogP contribution in [0, 0.1) is 5.92 Å². The van der Waals surface area contributed by atoms with Crippen LogP contribution in [0.2, 0.25) is 0 Å². The van der Waals surface area contributed by atoms with E-state index in [1.807, 2.05) is 12.1 Å². The number of halogens is 5. The van der Waals surface area contributed by atoms with Crippen molar-refractivity contribution in [3.63, 3.8) is 0 Å². The first-order valence-corrected chi connectivity index (χ1v) is 11.5. The van der Waals surface area contributed by atoms with Gasteiger partial charge in [0.05, 0.1) is 0 Å². The van der Waals surface area contributed by atoms with Gasteiger partial charge < -0.3 is 4.74 Å². The van der Waals surface area contributed by atoms with Crippen LogP contribution in [0.4, 0.5) is 19.4 Å². The standard InChI is InChI=1S/C21H25F5OS/c1-2-16-3-7-18(8-4-16)19-9-5-17(6-10-19)15-27-20-11-13-21(14-12-20)28(22,23,24,25)26/h5-6,9-14,16,18H,2-4,7-8,15H2,1H3. The predicted octanol–water partition coefficient (Wildman–Crippen LogP) is 8.61. The third kappa shape index (κ3) is 5.40. The van der Waals surface area contributed by atoms with Crippen molar-refractivity contribution in [1.29, 1.82) is 0 Å². The van der Waals surface area contributed by atoms with E-state index < -0.39 is 15.1 Å². The van der Waals surface area contributed by atoms with Gasteiger partial charge in [0, 0.05) is 0 Å². The fourth-order valence-corrected chi connectivity index (χ4v) is 4.40. The quantitative estimate of drug-likeness (QED) is 0.425. The second-order valence-corrected chi connectivity index (χ2v) is 10.0. The van der Waals surface area contributed by atoms with Gasteiger partial charge in [0.15, 0.2) is 0 Å². The van der Waals surface area contributed by atoms with Gasteiger partial charge in [0.1, 0.15) is 17.3 Å². The Balaban J connectivity index is 1.57. The van der Waals surface area contributed by atoms with Crippen LogP contribution in [0.25, 0.3) is 0 Å². The highest BCUT2D eigenvalue weighted by atomic mass is 32.5. The Morgan fingerprint density at radius 1 is 0.821 bits per heavy atom. The molecule has 7 heteroatoms. The second-order valence-electron chi connectivity index (χ2n) is 7.60. The van der Waals surface area contributed by atoms with Gasteiger partial charge in [-0.05, 0) is 72.9 Å². The largest absolute Gasteiger partial charge is 0.489 e. The predicted molar refractivity (Wildman–Crippen MR) is 104 cm³/mol. The Morgan fingerprint density at radius 3 is 1.89 bits per heavy atom. The minimum Gasteiger partial charge on any atom is -0.489 e. The first kappa shape index (κ1) is 21.0. The van der Waals surface area contributed by atoms with E-state index in [4.69, 9.17) is 4.74 Å². The maximum Gasteiger partial charge on any atom is 0.310 e. The summed E-state index contributed by atoms with van der Waals surface area (Å²) in [6, 6.07) is 10.6. The third-order valence-corrected chi connectivity index (χ3v) is 6.71. The summed E-state index contributed by atoms with van der Waals surface area (Å²) in [4.78, 5) is -1.91. The SMILES string of the molecule is CCC1CCC(c2ccc(COc3ccc(S(F)(F)(F)(F)F)cc3)cc2)CC1. The summed E-state index contributed by atoms with van der Waals surface area (Å²) in [5.74, 6) is 1.54. The van der Waals surface area contributed by atoms with E-state index in [2.05, 4.69) is 19.1 Å². The molecule has 0 N–H and O–H groups in total. The molecular formula is C21H25F5OS. The second kappa shape index (κ2) is 6.94. The Hall–Kier alpha value is -1.76. The summed E-state index contributed by atoms with van der Waals surface area (Å²) >= 11 is 0. The van der Waals surface area contributed by atoms with Crippen LogP contribution in [-0.2, 0) is 6.61 Å². The zero-order chi connectivity index (χ0) is 20.5. The van der Waals surface area contributed by atoms with Crippen molar-refractivity contribution < 1.29 is 24.2 Å². The molecule has 1 nitrogen and oxygen atoms in total. The molecule has 3 rings (SSSR count). The topological polar surface area (TPSA) is 9.23 Å². The number of hydrogen-bond donors (Lipinski definition) is 0. The van der Waals surface area contributed by atoms with Crippen molar-refractivity contribution in [2.45, 2.75) is 56.4 Å². The van der Waals surface area contributed by atoms with E-state index in [0.29, 0.717) is 18.1 Å². The van der Waals surface area contributed by atoms with E-state index in [1.54, 1.807) is 0 Å². The molecule has 0 amide bonds. The summed E-state index contributed by atoms with van der Waals surface area (Å²) in [6.07, 6.45) is 6.17. The monoisotopic (exact) mass is 420 g/mol. The zero-order valence-corrected chi connectivity index (χ0v) is 16.5. The molecule has 0 unspecified atom stereocenters. The first-order valence-electron chi connectivity index (χ1n) is 9.50. The van der Waals surface area contributed by atoms with Crippen LogP contribution >= 0.6 is 10.2 Å². The summed E-state index contributed by atoms with van der Waals surface area (Å²) < 4.78 is 69.1. The summed E-state index contributed by atoms with van der Waals surface area (Å²) in [7, 11) is -9.64. The van der Waals surface area contributed by atoms with Gasteiger partial charge >= 0.3 is 10.2 Å².